The van der Waals surface area contributed by atoms with Crippen molar-refractivity contribution < 1.29 is 0 Å². The Morgan fingerprint density at radius 1 is 1.06 bits per heavy atom. The summed E-state index contributed by atoms with van der Waals surface area (Å²) < 4.78 is 0. The first-order valence-corrected chi connectivity index (χ1v) is 6.49. The van der Waals surface area contributed by atoms with Gasteiger partial charge in [-0.2, -0.15) is 0 Å². The van der Waals surface area contributed by atoms with E-state index in [4.69, 9.17) is 0 Å². The fourth-order valence-electron chi connectivity index (χ4n) is 2.73. The van der Waals surface area contributed by atoms with E-state index in [1.807, 2.05) is 6.21 Å². The molecule has 2 nitrogen and oxygen atoms in total. The summed E-state index contributed by atoms with van der Waals surface area (Å²) in [5, 5.41) is 3.67. The van der Waals surface area contributed by atoms with E-state index in [9.17, 15) is 0 Å². The molecule has 0 unspecified atom stereocenters. The molecule has 2 aliphatic rings. The fourth-order valence-corrected chi connectivity index (χ4v) is 2.73. The van der Waals surface area contributed by atoms with Crippen molar-refractivity contribution in [2.45, 2.75) is 37.8 Å². The lowest BCUT2D eigenvalue weighted by atomic mass is 9.90. The molecule has 0 amide bonds. The summed E-state index contributed by atoms with van der Waals surface area (Å²) in [6, 6.07) is 11.5. The number of fused-ring (bicyclic) bond motifs is 1. The van der Waals surface area contributed by atoms with Crippen molar-refractivity contribution in [3.8, 4) is 0 Å². The maximum Gasteiger partial charge on any atom is 0.0700 e. The highest BCUT2D eigenvalue weighted by molar-refractivity contribution is 5.84. The Labute approximate surface area is 102 Å². The number of nitrogens with one attached hydrogen (secondary N) is 1. The normalized spacial score (nSPS) is 27.6. The van der Waals surface area contributed by atoms with Gasteiger partial charge >= 0.3 is 0 Å². The molecule has 1 fully saturated rings. The van der Waals surface area contributed by atoms with Crippen LogP contribution >= 0.6 is 0 Å². The predicted octanol–water partition coefficient (Wildman–Crippen LogP) is 3.01. The Hall–Kier alpha value is -1.57. The summed E-state index contributed by atoms with van der Waals surface area (Å²) in [6.07, 6.45) is 9.20. The summed E-state index contributed by atoms with van der Waals surface area (Å²) >= 11 is 0. The van der Waals surface area contributed by atoms with Gasteiger partial charge in [-0.1, -0.05) is 43.2 Å². The molecule has 1 N–H and O–H groups in total. The Balaban J connectivity index is 1.84. The number of benzene rings is 1. The smallest absolute Gasteiger partial charge is 0.0700 e. The first-order chi connectivity index (χ1) is 8.43. The van der Waals surface area contributed by atoms with Crippen LogP contribution < -0.4 is 5.32 Å². The Kier molecular flexibility index (Phi) is 2.95. The van der Waals surface area contributed by atoms with Crippen LogP contribution in [0.5, 0.6) is 0 Å². The van der Waals surface area contributed by atoms with Gasteiger partial charge in [0.2, 0.25) is 0 Å². The SMILES string of the molecule is C1=N[C@@H]2CCCC[C@H]2NC(c2ccccc2)=C1. The van der Waals surface area contributed by atoms with Gasteiger partial charge in [0.15, 0.2) is 0 Å². The molecule has 0 spiro atoms. The van der Waals surface area contributed by atoms with E-state index >= 15 is 0 Å². The molecule has 0 saturated heterocycles. The van der Waals surface area contributed by atoms with Gasteiger partial charge in [0.1, 0.15) is 0 Å². The summed E-state index contributed by atoms with van der Waals surface area (Å²) in [4.78, 5) is 4.66. The van der Waals surface area contributed by atoms with Gasteiger partial charge in [-0.3, -0.25) is 4.99 Å². The van der Waals surface area contributed by atoms with Crippen molar-refractivity contribution in [1.29, 1.82) is 0 Å². The van der Waals surface area contributed by atoms with E-state index in [0.29, 0.717) is 12.1 Å². The van der Waals surface area contributed by atoms with Crippen molar-refractivity contribution in [2.24, 2.45) is 4.99 Å². The quantitative estimate of drug-likeness (QED) is 0.782. The number of allylic oxidation sites excluding steroid dienone is 1. The predicted molar refractivity (Wildman–Crippen MR) is 72.1 cm³/mol. The van der Waals surface area contributed by atoms with Crippen LogP contribution in [0.3, 0.4) is 0 Å². The minimum atomic E-state index is 0.473. The van der Waals surface area contributed by atoms with Crippen LogP contribution in [0.2, 0.25) is 0 Å². The van der Waals surface area contributed by atoms with Crippen LogP contribution in [-0.4, -0.2) is 18.3 Å². The van der Waals surface area contributed by atoms with Gasteiger partial charge < -0.3 is 5.32 Å². The van der Waals surface area contributed by atoms with Crippen molar-refractivity contribution in [3.05, 3.63) is 42.0 Å². The van der Waals surface area contributed by atoms with Gasteiger partial charge in [0.05, 0.1) is 6.04 Å². The van der Waals surface area contributed by atoms with E-state index in [1.54, 1.807) is 0 Å². The first kappa shape index (κ1) is 10.6. The third kappa shape index (κ3) is 2.26. The maximum atomic E-state index is 4.66. The minimum absolute atomic E-state index is 0.473. The van der Waals surface area contributed by atoms with Crippen LogP contribution in [0.25, 0.3) is 5.70 Å². The molecule has 1 aliphatic heterocycles. The Bertz CT molecular complexity index is 433. The zero-order valence-corrected chi connectivity index (χ0v) is 9.97. The van der Waals surface area contributed by atoms with E-state index in [2.05, 4.69) is 46.7 Å². The monoisotopic (exact) mass is 226 g/mol. The molecule has 0 radical (unpaired) electrons. The number of nitrogens with zero attached hydrogens (tertiary/aromatic N) is 1. The molecule has 1 aromatic rings. The largest absolute Gasteiger partial charge is 0.380 e. The van der Waals surface area contributed by atoms with Gasteiger partial charge in [0, 0.05) is 18.0 Å². The highest BCUT2D eigenvalue weighted by Gasteiger charge is 2.25. The third-order valence-corrected chi connectivity index (χ3v) is 3.67. The van der Waals surface area contributed by atoms with Crippen molar-refractivity contribution in [1.82, 2.24) is 5.32 Å². The third-order valence-electron chi connectivity index (χ3n) is 3.67. The molecule has 1 saturated carbocycles. The lowest BCUT2D eigenvalue weighted by Gasteiger charge is -2.29. The zero-order chi connectivity index (χ0) is 11.5. The standard InChI is InChI=1S/C15H18N2/c1-2-6-12(7-3-1)13-10-11-16-14-8-4-5-9-15(14)17-13/h1-3,6-7,10-11,14-15,17H,4-5,8-9H2/t14-,15-/m1/s1. The average molecular weight is 226 g/mol. The van der Waals surface area contributed by atoms with Gasteiger partial charge in [-0.25, -0.2) is 0 Å². The topological polar surface area (TPSA) is 24.4 Å². The lowest BCUT2D eigenvalue weighted by Crippen LogP contribution is -2.39. The number of hydrogen-bond donors (Lipinski definition) is 1. The molecular weight excluding hydrogens is 208 g/mol. The summed E-state index contributed by atoms with van der Waals surface area (Å²) in [7, 11) is 0. The minimum Gasteiger partial charge on any atom is -0.380 e. The fraction of sp³-hybridized carbons (Fsp3) is 0.400. The second-order valence-electron chi connectivity index (χ2n) is 4.85. The van der Waals surface area contributed by atoms with E-state index in [1.165, 1.54) is 36.9 Å². The molecule has 1 heterocycles. The number of aliphatic imine (C=N–C) groups is 1. The second kappa shape index (κ2) is 4.74. The van der Waals surface area contributed by atoms with Gasteiger partial charge in [-0.05, 0) is 24.5 Å². The average Bonchev–Trinajstić information content (AvgIpc) is 2.62. The maximum absolute atomic E-state index is 4.66. The van der Waals surface area contributed by atoms with Crippen LogP contribution in [0.4, 0.5) is 0 Å². The van der Waals surface area contributed by atoms with Crippen molar-refractivity contribution >= 4 is 11.9 Å². The summed E-state index contributed by atoms with van der Waals surface area (Å²) in [5.74, 6) is 0. The summed E-state index contributed by atoms with van der Waals surface area (Å²) in [5.41, 5.74) is 2.47. The van der Waals surface area contributed by atoms with Crippen LogP contribution in [-0.2, 0) is 0 Å². The Morgan fingerprint density at radius 3 is 2.76 bits per heavy atom. The summed E-state index contributed by atoms with van der Waals surface area (Å²) in [6.45, 7) is 0. The van der Waals surface area contributed by atoms with Crippen LogP contribution in [0, 0.1) is 0 Å². The Morgan fingerprint density at radius 2 is 1.88 bits per heavy atom. The molecule has 0 bridgehead atoms. The molecule has 0 aromatic heterocycles. The molecule has 2 heteroatoms. The van der Waals surface area contributed by atoms with Gasteiger partial charge in [-0.15, -0.1) is 0 Å². The second-order valence-corrected chi connectivity index (χ2v) is 4.85. The molecule has 3 rings (SSSR count). The number of rotatable bonds is 1. The molecule has 2 atom stereocenters. The molecule has 88 valence electrons. The first-order valence-electron chi connectivity index (χ1n) is 6.49. The highest BCUT2D eigenvalue weighted by atomic mass is 15.0. The van der Waals surface area contributed by atoms with Crippen LogP contribution in [0.1, 0.15) is 31.2 Å². The van der Waals surface area contributed by atoms with Crippen LogP contribution in [0.15, 0.2) is 41.4 Å². The van der Waals surface area contributed by atoms with Crippen molar-refractivity contribution in [3.63, 3.8) is 0 Å². The molecule has 1 aliphatic carbocycles. The van der Waals surface area contributed by atoms with E-state index in [0.717, 1.165) is 0 Å². The number of hydrogen-bond acceptors (Lipinski definition) is 2. The lowest BCUT2D eigenvalue weighted by molar-refractivity contribution is 0.361. The zero-order valence-electron chi connectivity index (χ0n) is 9.97. The van der Waals surface area contributed by atoms with Gasteiger partial charge in [0.25, 0.3) is 0 Å². The van der Waals surface area contributed by atoms with E-state index < -0.39 is 0 Å². The molecule has 1 aromatic carbocycles. The van der Waals surface area contributed by atoms with Crippen molar-refractivity contribution in [2.75, 3.05) is 0 Å². The molecular formula is C15H18N2. The molecule has 17 heavy (non-hydrogen) atoms. The van der Waals surface area contributed by atoms with E-state index in [-0.39, 0.29) is 0 Å². The highest BCUT2D eigenvalue weighted by Crippen LogP contribution is 2.25.